The number of hydrogen-bond donors (Lipinski definition) is 2. The van der Waals surface area contributed by atoms with E-state index in [0.29, 0.717) is 6.54 Å². The molecule has 112 valence electrons. The fourth-order valence-corrected chi connectivity index (χ4v) is 3.92. The van der Waals surface area contributed by atoms with Crippen molar-refractivity contribution in [1.29, 1.82) is 5.26 Å². The summed E-state index contributed by atoms with van der Waals surface area (Å²) in [5, 5.41) is 11.8. The molecule has 1 heterocycles. The molecule has 0 spiro atoms. The van der Waals surface area contributed by atoms with Crippen LogP contribution in [0.25, 0.3) is 0 Å². The highest BCUT2D eigenvalue weighted by atomic mass is 32.2. The van der Waals surface area contributed by atoms with E-state index in [-0.39, 0.29) is 13.1 Å². The minimum atomic E-state index is -4.19. The minimum absolute atomic E-state index is 0.0112. The number of nitrogens with one attached hydrogen (secondary N) is 1. The van der Waals surface area contributed by atoms with E-state index in [9.17, 15) is 17.6 Å². The molecule has 3 N–H and O–H groups in total. The summed E-state index contributed by atoms with van der Waals surface area (Å²) < 4.78 is 39.7. The number of benzene rings is 1. The highest BCUT2D eigenvalue weighted by molar-refractivity contribution is 7.89. The van der Waals surface area contributed by atoms with Crippen LogP contribution in [-0.4, -0.2) is 44.3 Å². The molecular formula is C12H13FN4O3S. The average molecular weight is 312 g/mol. The summed E-state index contributed by atoms with van der Waals surface area (Å²) in [7, 11) is -4.19. The number of nitrogens with zero attached hydrogens (tertiary/aromatic N) is 2. The zero-order chi connectivity index (χ0) is 15.6. The standard InChI is InChI=1S/C12H13FN4O3S/c13-9-2-1-3-11(8(9)6-14)21(19,20)17-5-4-16-7-10(17)12(15)18/h1-3,10,16H,4-5,7H2,(H2,15,18). The lowest BCUT2D eigenvalue weighted by atomic mass is 10.2. The number of piperazine rings is 1. The van der Waals surface area contributed by atoms with Gasteiger partial charge in [0.25, 0.3) is 0 Å². The van der Waals surface area contributed by atoms with E-state index in [1.807, 2.05) is 0 Å². The van der Waals surface area contributed by atoms with Crippen LogP contribution in [0.2, 0.25) is 0 Å². The van der Waals surface area contributed by atoms with Gasteiger partial charge in [0.2, 0.25) is 15.9 Å². The second-order valence-electron chi connectivity index (χ2n) is 4.46. The molecule has 0 saturated carbocycles. The fraction of sp³-hybridized carbons (Fsp3) is 0.333. The third-order valence-electron chi connectivity index (χ3n) is 3.20. The van der Waals surface area contributed by atoms with Gasteiger partial charge >= 0.3 is 0 Å². The van der Waals surface area contributed by atoms with E-state index in [1.165, 1.54) is 6.07 Å². The molecule has 1 aromatic rings. The smallest absolute Gasteiger partial charge is 0.245 e. The first kappa shape index (κ1) is 15.4. The summed E-state index contributed by atoms with van der Waals surface area (Å²) in [5.41, 5.74) is 4.64. The molecule has 1 unspecified atom stereocenters. The maximum absolute atomic E-state index is 13.6. The van der Waals surface area contributed by atoms with E-state index in [1.54, 1.807) is 6.07 Å². The number of amides is 1. The first-order valence-electron chi connectivity index (χ1n) is 6.10. The van der Waals surface area contributed by atoms with Crippen molar-refractivity contribution in [2.24, 2.45) is 5.73 Å². The quantitative estimate of drug-likeness (QED) is 0.754. The Bertz CT molecular complexity index is 714. The largest absolute Gasteiger partial charge is 0.368 e. The van der Waals surface area contributed by atoms with Gasteiger partial charge in [-0.1, -0.05) is 6.07 Å². The van der Waals surface area contributed by atoms with Gasteiger partial charge in [0.05, 0.1) is 0 Å². The van der Waals surface area contributed by atoms with Crippen LogP contribution in [-0.2, 0) is 14.8 Å². The first-order valence-corrected chi connectivity index (χ1v) is 7.54. The second kappa shape index (κ2) is 5.77. The second-order valence-corrected chi connectivity index (χ2v) is 6.32. The Morgan fingerprint density at radius 3 is 2.86 bits per heavy atom. The van der Waals surface area contributed by atoms with E-state index in [0.717, 1.165) is 16.4 Å². The average Bonchev–Trinajstić information content (AvgIpc) is 2.46. The van der Waals surface area contributed by atoms with Crippen LogP contribution in [0.4, 0.5) is 4.39 Å². The van der Waals surface area contributed by atoms with Crippen molar-refractivity contribution in [3.05, 3.63) is 29.6 Å². The molecule has 9 heteroatoms. The Morgan fingerprint density at radius 1 is 1.52 bits per heavy atom. The summed E-state index contributed by atoms with van der Waals surface area (Å²) >= 11 is 0. The number of nitrogens with two attached hydrogens (primary N) is 1. The Balaban J connectivity index is 2.54. The van der Waals surface area contributed by atoms with Crippen LogP contribution >= 0.6 is 0 Å². The van der Waals surface area contributed by atoms with Gasteiger partial charge in [-0.15, -0.1) is 0 Å². The predicted molar refractivity (Wildman–Crippen MR) is 70.9 cm³/mol. The van der Waals surface area contributed by atoms with Crippen LogP contribution in [0, 0.1) is 17.1 Å². The van der Waals surface area contributed by atoms with Crippen molar-refractivity contribution < 1.29 is 17.6 Å². The van der Waals surface area contributed by atoms with Crippen molar-refractivity contribution in [3.63, 3.8) is 0 Å². The third kappa shape index (κ3) is 2.73. The maximum atomic E-state index is 13.6. The molecule has 0 aliphatic carbocycles. The van der Waals surface area contributed by atoms with Gasteiger partial charge in [0, 0.05) is 19.6 Å². The number of hydrogen-bond acceptors (Lipinski definition) is 5. The number of sulfonamides is 1. The Kier molecular flexibility index (Phi) is 4.22. The number of nitriles is 1. The van der Waals surface area contributed by atoms with E-state index < -0.39 is 38.2 Å². The molecule has 1 aromatic carbocycles. The Hall–Kier alpha value is -2.02. The van der Waals surface area contributed by atoms with Crippen LogP contribution in [0.3, 0.4) is 0 Å². The van der Waals surface area contributed by atoms with E-state index >= 15 is 0 Å². The molecule has 1 aliphatic heterocycles. The van der Waals surface area contributed by atoms with Gasteiger partial charge in [-0.2, -0.15) is 9.57 Å². The van der Waals surface area contributed by atoms with Crippen LogP contribution in [0.5, 0.6) is 0 Å². The van der Waals surface area contributed by atoms with Crippen LogP contribution in [0.1, 0.15) is 5.56 Å². The number of rotatable bonds is 3. The van der Waals surface area contributed by atoms with Gasteiger partial charge in [0.15, 0.2) is 0 Å². The summed E-state index contributed by atoms with van der Waals surface area (Å²) in [6.45, 7) is 0.420. The lowest BCUT2D eigenvalue weighted by Crippen LogP contribution is -2.58. The van der Waals surface area contributed by atoms with Gasteiger partial charge < -0.3 is 11.1 Å². The lowest BCUT2D eigenvalue weighted by Gasteiger charge is -2.33. The number of carbonyl (C=O) groups is 1. The van der Waals surface area contributed by atoms with Gasteiger partial charge in [-0.3, -0.25) is 4.79 Å². The first-order chi connectivity index (χ1) is 9.89. The molecule has 2 rings (SSSR count). The molecule has 21 heavy (non-hydrogen) atoms. The molecule has 7 nitrogen and oxygen atoms in total. The van der Waals surface area contributed by atoms with Crippen LogP contribution < -0.4 is 11.1 Å². The molecule has 1 aliphatic rings. The van der Waals surface area contributed by atoms with E-state index in [2.05, 4.69) is 5.32 Å². The number of primary amides is 1. The van der Waals surface area contributed by atoms with Gasteiger partial charge in [-0.05, 0) is 12.1 Å². The van der Waals surface area contributed by atoms with E-state index in [4.69, 9.17) is 11.0 Å². The molecule has 1 atom stereocenters. The number of halogens is 1. The molecule has 1 amide bonds. The SMILES string of the molecule is N#Cc1c(F)cccc1S(=O)(=O)N1CCNCC1C(N)=O. The van der Waals surface area contributed by atoms with Gasteiger partial charge in [0.1, 0.15) is 28.4 Å². The Morgan fingerprint density at radius 2 is 2.24 bits per heavy atom. The highest BCUT2D eigenvalue weighted by Gasteiger charge is 2.38. The third-order valence-corrected chi connectivity index (χ3v) is 5.15. The molecule has 0 aromatic heterocycles. The van der Waals surface area contributed by atoms with Crippen molar-refractivity contribution >= 4 is 15.9 Å². The van der Waals surface area contributed by atoms with Crippen molar-refractivity contribution in [3.8, 4) is 6.07 Å². The summed E-state index contributed by atoms with van der Waals surface area (Å²) in [5.74, 6) is -1.73. The van der Waals surface area contributed by atoms with Gasteiger partial charge in [-0.25, -0.2) is 12.8 Å². The maximum Gasteiger partial charge on any atom is 0.245 e. The minimum Gasteiger partial charge on any atom is -0.368 e. The topological polar surface area (TPSA) is 116 Å². The van der Waals surface area contributed by atoms with Crippen molar-refractivity contribution in [1.82, 2.24) is 9.62 Å². The normalized spacial score (nSPS) is 19.9. The highest BCUT2D eigenvalue weighted by Crippen LogP contribution is 2.24. The van der Waals surface area contributed by atoms with Crippen molar-refractivity contribution in [2.75, 3.05) is 19.6 Å². The Labute approximate surface area is 121 Å². The zero-order valence-electron chi connectivity index (χ0n) is 10.9. The van der Waals surface area contributed by atoms with Crippen molar-refractivity contribution in [2.45, 2.75) is 10.9 Å². The summed E-state index contributed by atoms with van der Waals surface area (Å²) in [6.07, 6.45) is 0. The monoisotopic (exact) mass is 312 g/mol. The fourth-order valence-electron chi connectivity index (χ4n) is 2.17. The molecule has 0 bridgehead atoms. The van der Waals surface area contributed by atoms with Crippen LogP contribution in [0.15, 0.2) is 23.1 Å². The lowest BCUT2D eigenvalue weighted by molar-refractivity contribution is -0.122. The summed E-state index contributed by atoms with van der Waals surface area (Å²) in [6, 6.07) is 3.81. The molecule has 1 saturated heterocycles. The summed E-state index contributed by atoms with van der Waals surface area (Å²) in [4.78, 5) is 10.9. The zero-order valence-corrected chi connectivity index (χ0v) is 11.7. The number of carbonyl (C=O) groups excluding carboxylic acids is 1. The molecule has 1 fully saturated rings. The predicted octanol–water partition coefficient (Wildman–Crippen LogP) is -0.855. The molecular weight excluding hydrogens is 299 g/mol. The molecule has 0 radical (unpaired) electrons.